The Morgan fingerprint density at radius 2 is 2.08 bits per heavy atom. The molecule has 0 aromatic rings. The first-order chi connectivity index (χ1) is 5.56. The van der Waals surface area contributed by atoms with Gasteiger partial charge in [-0.15, -0.1) is 0 Å². The molecule has 72 valence electrons. The highest BCUT2D eigenvalue weighted by atomic mass is 19.3. The summed E-state index contributed by atoms with van der Waals surface area (Å²) >= 11 is 0. The maximum absolute atomic E-state index is 11.7. The summed E-state index contributed by atoms with van der Waals surface area (Å²) in [5.74, 6) is 0. The van der Waals surface area contributed by atoms with Gasteiger partial charge in [0.1, 0.15) is 0 Å². The van der Waals surface area contributed by atoms with Gasteiger partial charge in [-0.3, -0.25) is 0 Å². The highest BCUT2D eigenvalue weighted by Gasteiger charge is 2.08. The van der Waals surface area contributed by atoms with Gasteiger partial charge in [-0.05, 0) is 12.8 Å². The zero-order chi connectivity index (χ0) is 9.56. The summed E-state index contributed by atoms with van der Waals surface area (Å²) in [6.07, 6.45) is -4.64. The molecule has 0 aliphatic rings. The van der Waals surface area contributed by atoms with Crippen LogP contribution >= 0.6 is 0 Å². The molecule has 0 saturated carbocycles. The highest BCUT2D eigenvalue weighted by Crippen LogP contribution is 2.11. The Labute approximate surface area is 69.3 Å². The second-order valence-electron chi connectivity index (χ2n) is 2.37. The maximum atomic E-state index is 11.7. The first-order valence-corrected chi connectivity index (χ1v) is 3.72. The Kier molecular flexibility index (Phi) is 5.32. The number of halogens is 2. The predicted octanol–water partition coefficient (Wildman–Crippen LogP) is 1.17. The van der Waals surface area contributed by atoms with E-state index in [1.54, 1.807) is 6.92 Å². The largest absolute Gasteiger partial charge is 0.546 e. The minimum absolute atomic E-state index is 0.0438. The number of hydrogen-bond acceptors (Lipinski definition) is 3. The number of rotatable bonds is 5. The van der Waals surface area contributed by atoms with Crippen LogP contribution in [0.5, 0.6) is 0 Å². The quantitative estimate of drug-likeness (QED) is 0.598. The third-order valence-electron chi connectivity index (χ3n) is 1.43. The van der Waals surface area contributed by atoms with Crippen molar-refractivity contribution in [3.8, 4) is 0 Å². The van der Waals surface area contributed by atoms with Gasteiger partial charge in [-0.1, -0.05) is 6.92 Å². The van der Waals surface area contributed by atoms with E-state index in [9.17, 15) is 18.7 Å². The third kappa shape index (κ3) is 5.88. The average molecular weight is 181 g/mol. The SMILES string of the molecule is CCC(CCC(F)F)OC(=O)[O-]. The zero-order valence-corrected chi connectivity index (χ0v) is 6.76. The molecule has 3 nitrogen and oxygen atoms in total. The Morgan fingerprint density at radius 3 is 2.42 bits per heavy atom. The summed E-state index contributed by atoms with van der Waals surface area (Å²) in [4.78, 5) is 9.89. The van der Waals surface area contributed by atoms with Crippen LogP contribution in [-0.4, -0.2) is 18.7 Å². The molecule has 1 atom stereocenters. The molecule has 12 heavy (non-hydrogen) atoms. The first kappa shape index (κ1) is 11.1. The minimum Gasteiger partial charge on any atom is -0.546 e. The van der Waals surface area contributed by atoms with Gasteiger partial charge in [0.25, 0.3) is 6.16 Å². The van der Waals surface area contributed by atoms with Crippen LogP contribution < -0.4 is 5.11 Å². The molecule has 0 bridgehead atoms. The molecule has 0 aromatic heterocycles. The number of ether oxygens (including phenoxy) is 1. The van der Waals surface area contributed by atoms with Crippen LogP contribution in [0.4, 0.5) is 13.6 Å². The van der Waals surface area contributed by atoms with Crippen LogP contribution in [0.2, 0.25) is 0 Å². The molecule has 0 N–H and O–H groups in total. The van der Waals surface area contributed by atoms with Crippen LogP contribution in [-0.2, 0) is 4.74 Å². The van der Waals surface area contributed by atoms with Crippen molar-refractivity contribution in [1.29, 1.82) is 0 Å². The fourth-order valence-corrected chi connectivity index (χ4v) is 0.794. The van der Waals surface area contributed by atoms with Crippen molar-refractivity contribution in [2.45, 2.75) is 38.7 Å². The highest BCUT2D eigenvalue weighted by molar-refractivity contribution is 5.54. The van der Waals surface area contributed by atoms with Gasteiger partial charge in [0, 0.05) is 12.5 Å². The summed E-state index contributed by atoms with van der Waals surface area (Å²) in [5, 5.41) is 9.89. The molecule has 0 spiro atoms. The maximum Gasteiger partial charge on any atom is 0.252 e. The fraction of sp³-hybridized carbons (Fsp3) is 0.857. The number of alkyl halides is 2. The normalized spacial score (nSPS) is 13.0. The molecule has 0 saturated heterocycles. The van der Waals surface area contributed by atoms with E-state index in [-0.39, 0.29) is 12.8 Å². The van der Waals surface area contributed by atoms with Crippen LogP contribution in [0.1, 0.15) is 26.2 Å². The molecular formula is C7H11F2O3-. The zero-order valence-electron chi connectivity index (χ0n) is 6.76. The van der Waals surface area contributed by atoms with Gasteiger partial charge in [0.15, 0.2) is 0 Å². The minimum atomic E-state index is -2.41. The lowest BCUT2D eigenvalue weighted by Crippen LogP contribution is -2.29. The van der Waals surface area contributed by atoms with Gasteiger partial charge < -0.3 is 14.6 Å². The topological polar surface area (TPSA) is 49.4 Å². The molecule has 0 aliphatic heterocycles. The lowest BCUT2D eigenvalue weighted by Gasteiger charge is -2.19. The van der Waals surface area contributed by atoms with E-state index in [4.69, 9.17) is 0 Å². The number of carboxylic acid groups (broad SMARTS) is 1. The van der Waals surface area contributed by atoms with Gasteiger partial charge >= 0.3 is 0 Å². The van der Waals surface area contributed by atoms with Gasteiger partial charge in [0.2, 0.25) is 6.43 Å². The molecule has 0 aliphatic carbocycles. The Balaban J connectivity index is 3.60. The number of hydrogen-bond donors (Lipinski definition) is 0. The summed E-state index contributed by atoms with van der Waals surface area (Å²) < 4.78 is 27.5. The molecule has 0 rings (SSSR count). The molecule has 1 unspecified atom stereocenters. The van der Waals surface area contributed by atoms with Crippen LogP contribution in [0, 0.1) is 0 Å². The Morgan fingerprint density at radius 1 is 1.50 bits per heavy atom. The second kappa shape index (κ2) is 5.74. The monoisotopic (exact) mass is 181 g/mol. The average Bonchev–Trinajstić information content (AvgIpc) is 1.97. The van der Waals surface area contributed by atoms with Crippen molar-refractivity contribution in [2.24, 2.45) is 0 Å². The van der Waals surface area contributed by atoms with Gasteiger partial charge in [-0.2, -0.15) is 0 Å². The van der Waals surface area contributed by atoms with Crippen molar-refractivity contribution in [2.75, 3.05) is 0 Å². The van der Waals surface area contributed by atoms with E-state index in [0.29, 0.717) is 6.42 Å². The summed E-state index contributed by atoms with van der Waals surface area (Å²) in [6, 6.07) is 0. The van der Waals surface area contributed by atoms with Crippen LogP contribution in [0.15, 0.2) is 0 Å². The standard InChI is InChI=1S/C7H12F2O3/c1-2-5(12-7(10)11)3-4-6(8)9/h5-6H,2-4H2,1H3,(H,10,11)/p-1. The van der Waals surface area contributed by atoms with Crippen molar-refractivity contribution in [3.63, 3.8) is 0 Å². The van der Waals surface area contributed by atoms with Crippen molar-refractivity contribution in [3.05, 3.63) is 0 Å². The Bertz CT molecular complexity index is 139. The molecule has 0 heterocycles. The van der Waals surface area contributed by atoms with E-state index < -0.39 is 18.7 Å². The Hall–Kier alpha value is -0.870. The molecule has 0 radical (unpaired) electrons. The van der Waals surface area contributed by atoms with E-state index in [2.05, 4.69) is 4.74 Å². The van der Waals surface area contributed by atoms with Crippen molar-refractivity contribution >= 4 is 6.16 Å². The van der Waals surface area contributed by atoms with Crippen molar-refractivity contribution < 1.29 is 23.4 Å². The lowest BCUT2D eigenvalue weighted by molar-refractivity contribution is -0.288. The molecule has 0 fully saturated rings. The van der Waals surface area contributed by atoms with E-state index >= 15 is 0 Å². The van der Waals surface area contributed by atoms with Crippen molar-refractivity contribution in [1.82, 2.24) is 0 Å². The molecule has 0 amide bonds. The predicted molar refractivity (Wildman–Crippen MR) is 35.8 cm³/mol. The van der Waals surface area contributed by atoms with E-state index in [1.165, 1.54) is 0 Å². The van der Waals surface area contributed by atoms with Gasteiger partial charge in [-0.25, -0.2) is 8.78 Å². The van der Waals surface area contributed by atoms with Crippen LogP contribution in [0.25, 0.3) is 0 Å². The van der Waals surface area contributed by atoms with Crippen LogP contribution in [0.3, 0.4) is 0 Å². The number of carbonyl (C=O) groups is 1. The summed E-state index contributed by atoms with van der Waals surface area (Å²) in [5.41, 5.74) is 0. The first-order valence-electron chi connectivity index (χ1n) is 3.72. The smallest absolute Gasteiger partial charge is 0.252 e. The molecule has 0 aromatic carbocycles. The van der Waals surface area contributed by atoms with E-state index in [0.717, 1.165) is 0 Å². The van der Waals surface area contributed by atoms with E-state index in [1.807, 2.05) is 0 Å². The molecular weight excluding hydrogens is 170 g/mol. The second-order valence-corrected chi connectivity index (χ2v) is 2.37. The fourth-order valence-electron chi connectivity index (χ4n) is 0.794. The summed E-state index contributed by atoms with van der Waals surface area (Å²) in [7, 11) is 0. The summed E-state index contributed by atoms with van der Waals surface area (Å²) in [6.45, 7) is 1.67. The molecule has 5 heteroatoms. The third-order valence-corrected chi connectivity index (χ3v) is 1.43. The lowest BCUT2D eigenvalue weighted by atomic mass is 10.1. The number of carbonyl (C=O) groups excluding carboxylic acids is 1. The van der Waals surface area contributed by atoms with Gasteiger partial charge in [0.05, 0.1) is 0 Å².